The van der Waals surface area contributed by atoms with Crippen LogP contribution in [0.4, 0.5) is 0 Å². The lowest BCUT2D eigenvalue weighted by Gasteiger charge is -2.25. The molecule has 2 fully saturated rings. The molecule has 1 N–H and O–H groups in total. The maximum atomic E-state index is 3.79. The van der Waals surface area contributed by atoms with Gasteiger partial charge in [-0.15, -0.1) is 0 Å². The third kappa shape index (κ3) is 5.30. The molecule has 1 heteroatoms. The van der Waals surface area contributed by atoms with Crippen molar-refractivity contribution in [3.63, 3.8) is 0 Å². The lowest BCUT2D eigenvalue weighted by atomic mass is 9.84. The zero-order valence-corrected chi connectivity index (χ0v) is 12.4. The summed E-state index contributed by atoms with van der Waals surface area (Å²) in [6.07, 6.45) is 17.6. The van der Waals surface area contributed by atoms with Crippen molar-refractivity contribution in [1.82, 2.24) is 5.32 Å². The van der Waals surface area contributed by atoms with Gasteiger partial charge in [0.05, 0.1) is 0 Å². The molecule has 0 bridgehead atoms. The maximum Gasteiger partial charge on any atom is 0.00683 e. The first-order valence-electron chi connectivity index (χ1n) is 8.63. The number of rotatable bonds is 8. The van der Waals surface area contributed by atoms with Crippen molar-refractivity contribution >= 4 is 0 Å². The van der Waals surface area contributed by atoms with E-state index in [1.165, 1.54) is 83.6 Å². The highest BCUT2D eigenvalue weighted by Crippen LogP contribution is 2.33. The Balaban J connectivity index is 1.69. The smallest absolute Gasteiger partial charge is 0.00683 e. The van der Waals surface area contributed by atoms with Crippen LogP contribution >= 0.6 is 0 Å². The Morgan fingerprint density at radius 1 is 0.833 bits per heavy atom. The molecule has 0 spiro atoms. The predicted octanol–water partition coefficient (Wildman–Crippen LogP) is 4.91. The van der Waals surface area contributed by atoms with Gasteiger partial charge in [-0.3, -0.25) is 0 Å². The van der Waals surface area contributed by atoms with Gasteiger partial charge in [0.1, 0.15) is 0 Å². The van der Waals surface area contributed by atoms with Gasteiger partial charge in [0.25, 0.3) is 0 Å². The van der Waals surface area contributed by atoms with Crippen LogP contribution in [0.2, 0.25) is 0 Å². The number of nitrogens with one attached hydrogen (secondary N) is 1. The van der Waals surface area contributed by atoms with Crippen LogP contribution in [-0.4, -0.2) is 12.6 Å². The summed E-state index contributed by atoms with van der Waals surface area (Å²) >= 11 is 0. The molecule has 1 nitrogen and oxygen atoms in total. The van der Waals surface area contributed by atoms with E-state index < -0.39 is 0 Å². The van der Waals surface area contributed by atoms with E-state index in [0.29, 0.717) is 0 Å². The third-order valence-corrected chi connectivity index (χ3v) is 4.99. The molecule has 0 aromatic carbocycles. The van der Waals surface area contributed by atoms with Crippen LogP contribution in [0.25, 0.3) is 0 Å². The fraction of sp³-hybridized carbons (Fsp3) is 1.00. The second-order valence-corrected chi connectivity index (χ2v) is 6.69. The molecule has 0 heterocycles. The minimum absolute atomic E-state index is 0.897. The summed E-state index contributed by atoms with van der Waals surface area (Å²) in [5.74, 6) is 2.03. The second-order valence-electron chi connectivity index (χ2n) is 6.69. The average Bonchev–Trinajstić information content (AvgIpc) is 3.20. The molecule has 0 aromatic rings. The van der Waals surface area contributed by atoms with E-state index in [9.17, 15) is 0 Å². The van der Waals surface area contributed by atoms with Crippen molar-refractivity contribution in [2.45, 2.75) is 90.0 Å². The SMILES string of the molecule is CCCCCCC1CCCCCC1CNC1CC1. The van der Waals surface area contributed by atoms with E-state index in [4.69, 9.17) is 0 Å². The van der Waals surface area contributed by atoms with Gasteiger partial charge in [-0.05, 0) is 37.6 Å². The van der Waals surface area contributed by atoms with Gasteiger partial charge in [-0.2, -0.15) is 0 Å². The molecule has 2 saturated carbocycles. The lowest BCUT2D eigenvalue weighted by molar-refractivity contribution is 0.275. The summed E-state index contributed by atoms with van der Waals surface area (Å²) < 4.78 is 0. The van der Waals surface area contributed by atoms with E-state index >= 15 is 0 Å². The van der Waals surface area contributed by atoms with E-state index in [1.54, 1.807) is 0 Å². The minimum atomic E-state index is 0.897. The van der Waals surface area contributed by atoms with E-state index in [1.807, 2.05) is 0 Å². The van der Waals surface area contributed by atoms with Gasteiger partial charge in [-0.1, -0.05) is 64.7 Å². The molecular formula is C17H33N. The van der Waals surface area contributed by atoms with Crippen LogP contribution in [0.1, 0.15) is 84.0 Å². The predicted molar refractivity (Wildman–Crippen MR) is 79.8 cm³/mol. The first-order chi connectivity index (χ1) is 8.90. The maximum absolute atomic E-state index is 3.79. The van der Waals surface area contributed by atoms with Crippen LogP contribution < -0.4 is 5.32 Å². The number of unbranched alkanes of at least 4 members (excludes halogenated alkanes) is 3. The fourth-order valence-corrected chi connectivity index (χ4v) is 3.55. The molecule has 0 aromatic heterocycles. The molecule has 0 radical (unpaired) electrons. The zero-order valence-electron chi connectivity index (χ0n) is 12.4. The Labute approximate surface area is 114 Å². The Morgan fingerprint density at radius 3 is 2.33 bits per heavy atom. The van der Waals surface area contributed by atoms with E-state index in [-0.39, 0.29) is 0 Å². The normalized spacial score (nSPS) is 29.2. The van der Waals surface area contributed by atoms with E-state index in [0.717, 1.165) is 17.9 Å². The highest BCUT2D eigenvalue weighted by atomic mass is 14.9. The van der Waals surface area contributed by atoms with Gasteiger partial charge < -0.3 is 5.32 Å². The second kappa shape index (κ2) is 8.19. The van der Waals surface area contributed by atoms with Crippen molar-refractivity contribution in [3.05, 3.63) is 0 Å². The third-order valence-electron chi connectivity index (χ3n) is 4.99. The molecule has 106 valence electrons. The standard InChI is InChI=1S/C17H33N/c1-2-3-4-6-9-15-10-7-5-8-11-16(15)14-18-17-12-13-17/h15-18H,2-14H2,1H3. The number of hydrogen-bond acceptors (Lipinski definition) is 1. The summed E-state index contributed by atoms with van der Waals surface area (Å²) in [6, 6.07) is 0.897. The first kappa shape index (κ1) is 14.4. The molecule has 2 unspecified atom stereocenters. The summed E-state index contributed by atoms with van der Waals surface area (Å²) in [4.78, 5) is 0. The molecule has 18 heavy (non-hydrogen) atoms. The number of hydrogen-bond donors (Lipinski definition) is 1. The Bertz CT molecular complexity index is 210. The van der Waals surface area contributed by atoms with Crippen molar-refractivity contribution in [2.24, 2.45) is 11.8 Å². The Kier molecular flexibility index (Phi) is 6.54. The zero-order chi connectivity index (χ0) is 12.6. The lowest BCUT2D eigenvalue weighted by Crippen LogP contribution is -2.29. The molecule has 2 aliphatic carbocycles. The van der Waals surface area contributed by atoms with Crippen LogP contribution in [0.5, 0.6) is 0 Å². The Morgan fingerprint density at radius 2 is 1.61 bits per heavy atom. The quantitative estimate of drug-likeness (QED) is 0.477. The van der Waals surface area contributed by atoms with Crippen LogP contribution in [0.3, 0.4) is 0 Å². The van der Waals surface area contributed by atoms with Crippen LogP contribution in [-0.2, 0) is 0 Å². The highest BCUT2D eigenvalue weighted by molar-refractivity contribution is 4.84. The topological polar surface area (TPSA) is 12.0 Å². The highest BCUT2D eigenvalue weighted by Gasteiger charge is 2.26. The summed E-state index contributed by atoms with van der Waals surface area (Å²) in [5, 5.41) is 3.79. The van der Waals surface area contributed by atoms with E-state index in [2.05, 4.69) is 12.2 Å². The molecule has 0 aliphatic heterocycles. The van der Waals surface area contributed by atoms with Gasteiger partial charge in [-0.25, -0.2) is 0 Å². The molecule has 0 amide bonds. The monoisotopic (exact) mass is 251 g/mol. The van der Waals surface area contributed by atoms with Crippen LogP contribution in [0.15, 0.2) is 0 Å². The van der Waals surface area contributed by atoms with Gasteiger partial charge in [0, 0.05) is 6.04 Å². The minimum Gasteiger partial charge on any atom is -0.314 e. The van der Waals surface area contributed by atoms with Crippen molar-refractivity contribution in [3.8, 4) is 0 Å². The van der Waals surface area contributed by atoms with Crippen LogP contribution in [0, 0.1) is 11.8 Å². The van der Waals surface area contributed by atoms with Crippen molar-refractivity contribution in [1.29, 1.82) is 0 Å². The summed E-state index contributed by atoms with van der Waals surface area (Å²) in [6.45, 7) is 3.64. The Hall–Kier alpha value is -0.0400. The molecular weight excluding hydrogens is 218 g/mol. The van der Waals surface area contributed by atoms with Gasteiger partial charge >= 0.3 is 0 Å². The summed E-state index contributed by atoms with van der Waals surface area (Å²) in [5.41, 5.74) is 0. The molecule has 2 atom stereocenters. The molecule has 0 saturated heterocycles. The van der Waals surface area contributed by atoms with Crippen molar-refractivity contribution in [2.75, 3.05) is 6.54 Å². The fourth-order valence-electron chi connectivity index (χ4n) is 3.55. The van der Waals surface area contributed by atoms with Gasteiger partial charge in [0.2, 0.25) is 0 Å². The summed E-state index contributed by atoms with van der Waals surface area (Å²) in [7, 11) is 0. The van der Waals surface area contributed by atoms with Crippen molar-refractivity contribution < 1.29 is 0 Å². The molecule has 2 aliphatic rings. The largest absolute Gasteiger partial charge is 0.314 e. The average molecular weight is 251 g/mol. The van der Waals surface area contributed by atoms with Gasteiger partial charge in [0.15, 0.2) is 0 Å². The first-order valence-corrected chi connectivity index (χ1v) is 8.63. The molecule has 2 rings (SSSR count).